The van der Waals surface area contributed by atoms with Crippen LogP contribution >= 0.6 is 0 Å². The van der Waals surface area contributed by atoms with Gasteiger partial charge in [-0.2, -0.15) is 0 Å². The first kappa shape index (κ1) is 22.3. The molecule has 1 heterocycles. The van der Waals surface area contributed by atoms with Gasteiger partial charge in [0.2, 0.25) is 5.91 Å². The Labute approximate surface area is 189 Å². The molecule has 2 fully saturated rings. The molecule has 0 radical (unpaired) electrons. The lowest BCUT2D eigenvalue weighted by Crippen LogP contribution is -2.48. The van der Waals surface area contributed by atoms with Crippen molar-refractivity contribution in [3.05, 3.63) is 60.2 Å². The highest BCUT2D eigenvalue weighted by Crippen LogP contribution is 2.30. The smallest absolute Gasteiger partial charge is 0.257 e. The molecule has 0 bridgehead atoms. The van der Waals surface area contributed by atoms with Gasteiger partial charge in [0.15, 0.2) is 6.61 Å². The number of nitrogens with one attached hydrogen (secondary N) is 2. The number of piperazine rings is 1. The van der Waals surface area contributed by atoms with Gasteiger partial charge in [-0.1, -0.05) is 36.4 Å². The number of amides is 2. The monoisotopic (exact) mass is 436 g/mol. The number of benzene rings is 2. The lowest BCUT2D eigenvalue weighted by atomic mass is 10.2. The van der Waals surface area contributed by atoms with E-state index in [0.717, 1.165) is 52.1 Å². The fraction of sp³-hybridized carbons (Fsp3) is 0.440. The molecule has 2 aromatic rings. The van der Waals surface area contributed by atoms with Gasteiger partial charge >= 0.3 is 0 Å². The standard InChI is InChI=1S/C25H32N4O3/c30-24(19-32-23-8-4-7-22(17-23)27-25(31)21-9-10-21)26-11-12-28-13-15-29(16-14-28)18-20-5-2-1-3-6-20/h1-8,17,21H,9-16,18-19H2,(H,26,30)(H,27,31). The van der Waals surface area contributed by atoms with E-state index in [1.54, 1.807) is 12.1 Å². The number of hydrogen-bond donors (Lipinski definition) is 2. The van der Waals surface area contributed by atoms with Gasteiger partial charge in [-0.25, -0.2) is 0 Å². The van der Waals surface area contributed by atoms with Crippen molar-refractivity contribution in [1.82, 2.24) is 15.1 Å². The largest absolute Gasteiger partial charge is 0.484 e. The van der Waals surface area contributed by atoms with Crippen molar-refractivity contribution in [2.45, 2.75) is 19.4 Å². The van der Waals surface area contributed by atoms with E-state index in [0.29, 0.717) is 18.0 Å². The first-order valence-electron chi connectivity index (χ1n) is 11.4. The molecule has 1 saturated heterocycles. The first-order chi connectivity index (χ1) is 15.7. The number of carbonyl (C=O) groups is 2. The van der Waals surface area contributed by atoms with Crippen LogP contribution in [0, 0.1) is 5.92 Å². The van der Waals surface area contributed by atoms with E-state index in [1.807, 2.05) is 18.2 Å². The van der Waals surface area contributed by atoms with Crippen LogP contribution in [0.5, 0.6) is 5.75 Å². The van der Waals surface area contributed by atoms with E-state index in [9.17, 15) is 9.59 Å². The van der Waals surface area contributed by atoms with Crippen molar-refractivity contribution in [3.8, 4) is 5.75 Å². The molecule has 2 amide bonds. The quantitative estimate of drug-likeness (QED) is 0.598. The maximum atomic E-state index is 12.1. The SMILES string of the molecule is O=C(COc1cccc(NC(=O)C2CC2)c1)NCCN1CCN(Cc2ccccc2)CC1. The minimum atomic E-state index is -0.139. The van der Waals surface area contributed by atoms with E-state index < -0.39 is 0 Å². The first-order valence-corrected chi connectivity index (χ1v) is 11.4. The zero-order chi connectivity index (χ0) is 22.2. The van der Waals surface area contributed by atoms with E-state index in [2.05, 4.69) is 44.7 Å². The second kappa shape index (κ2) is 11.1. The van der Waals surface area contributed by atoms with Crippen LogP contribution in [-0.4, -0.2) is 67.5 Å². The maximum Gasteiger partial charge on any atom is 0.257 e. The Kier molecular flexibility index (Phi) is 7.74. The summed E-state index contributed by atoms with van der Waals surface area (Å²) < 4.78 is 5.60. The molecule has 7 nitrogen and oxygen atoms in total. The number of carbonyl (C=O) groups excluding carboxylic acids is 2. The Bertz CT molecular complexity index is 893. The molecule has 0 spiro atoms. The third-order valence-electron chi connectivity index (χ3n) is 5.88. The molecule has 0 atom stereocenters. The summed E-state index contributed by atoms with van der Waals surface area (Å²) in [5.41, 5.74) is 2.05. The zero-order valence-corrected chi connectivity index (χ0v) is 18.5. The molecule has 7 heteroatoms. The summed E-state index contributed by atoms with van der Waals surface area (Å²) in [7, 11) is 0. The highest BCUT2D eigenvalue weighted by Gasteiger charge is 2.29. The molecular weight excluding hydrogens is 404 g/mol. The lowest BCUT2D eigenvalue weighted by molar-refractivity contribution is -0.123. The van der Waals surface area contributed by atoms with Crippen LogP contribution in [0.25, 0.3) is 0 Å². The van der Waals surface area contributed by atoms with Crippen LogP contribution in [0.2, 0.25) is 0 Å². The summed E-state index contributed by atoms with van der Waals surface area (Å²) in [6.07, 6.45) is 1.93. The van der Waals surface area contributed by atoms with Gasteiger partial charge in [0.25, 0.3) is 5.91 Å². The number of nitrogens with zero attached hydrogens (tertiary/aromatic N) is 2. The molecule has 0 aromatic heterocycles. The van der Waals surface area contributed by atoms with Gasteiger partial charge in [0.1, 0.15) is 5.75 Å². The third kappa shape index (κ3) is 7.07. The van der Waals surface area contributed by atoms with Gasteiger partial charge < -0.3 is 15.4 Å². The fourth-order valence-electron chi connectivity index (χ4n) is 3.82. The predicted octanol–water partition coefficient (Wildman–Crippen LogP) is 2.35. The second-order valence-electron chi connectivity index (χ2n) is 8.53. The van der Waals surface area contributed by atoms with Crippen molar-refractivity contribution >= 4 is 17.5 Å². The molecular formula is C25H32N4O3. The van der Waals surface area contributed by atoms with E-state index >= 15 is 0 Å². The van der Waals surface area contributed by atoms with E-state index in [-0.39, 0.29) is 24.3 Å². The van der Waals surface area contributed by atoms with Gasteiger partial charge in [0.05, 0.1) is 0 Å². The molecule has 2 aliphatic rings. The Morgan fingerprint density at radius 1 is 0.938 bits per heavy atom. The minimum Gasteiger partial charge on any atom is -0.484 e. The lowest BCUT2D eigenvalue weighted by Gasteiger charge is -2.34. The van der Waals surface area contributed by atoms with E-state index in [4.69, 9.17) is 4.74 Å². The molecule has 2 aromatic carbocycles. The Hall–Kier alpha value is -2.90. The van der Waals surface area contributed by atoms with Gasteiger partial charge in [-0.05, 0) is 30.5 Å². The molecule has 0 unspecified atom stereocenters. The summed E-state index contributed by atoms with van der Waals surface area (Å²) in [4.78, 5) is 28.9. The van der Waals surface area contributed by atoms with Crippen LogP contribution in [-0.2, 0) is 16.1 Å². The van der Waals surface area contributed by atoms with Gasteiger partial charge in [-0.15, -0.1) is 0 Å². The number of ether oxygens (including phenoxy) is 1. The number of anilines is 1. The average Bonchev–Trinajstić information content (AvgIpc) is 3.66. The molecule has 1 aliphatic heterocycles. The van der Waals surface area contributed by atoms with Crippen molar-refractivity contribution in [2.75, 3.05) is 51.2 Å². The van der Waals surface area contributed by atoms with Crippen LogP contribution in [0.1, 0.15) is 18.4 Å². The molecule has 170 valence electrons. The normalized spacial score (nSPS) is 17.0. The maximum absolute atomic E-state index is 12.1. The summed E-state index contributed by atoms with van der Waals surface area (Å²) in [5.74, 6) is 0.640. The summed E-state index contributed by atoms with van der Waals surface area (Å²) in [6.45, 7) is 6.52. The Morgan fingerprint density at radius 2 is 1.69 bits per heavy atom. The average molecular weight is 437 g/mol. The number of hydrogen-bond acceptors (Lipinski definition) is 5. The molecule has 2 N–H and O–H groups in total. The van der Waals surface area contributed by atoms with Crippen LogP contribution in [0.15, 0.2) is 54.6 Å². The Balaban J connectivity index is 1.09. The molecule has 1 aliphatic carbocycles. The fourth-order valence-corrected chi connectivity index (χ4v) is 3.82. The zero-order valence-electron chi connectivity index (χ0n) is 18.5. The highest BCUT2D eigenvalue weighted by atomic mass is 16.5. The van der Waals surface area contributed by atoms with Crippen molar-refractivity contribution in [2.24, 2.45) is 5.92 Å². The Morgan fingerprint density at radius 3 is 2.44 bits per heavy atom. The molecule has 32 heavy (non-hydrogen) atoms. The van der Waals surface area contributed by atoms with Crippen LogP contribution < -0.4 is 15.4 Å². The van der Waals surface area contributed by atoms with Crippen LogP contribution in [0.3, 0.4) is 0 Å². The minimum absolute atomic E-state index is 0.0368. The van der Waals surface area contributed by atoms with Crippen LogP contribution in [0.4, 0.5) is 5.69 Å². The molecule has 4 rings (SSSR count). The number of rotatable bonds is 10. The summed E-state index contributed by atoms with van der Waals surface area (Å²) >= 11 is 0. The third-order valence-corrected chi connectivity index (χ3v) is 5.88. The summed E-state index contributed by atoms with van der Waals surface area (Å²) in [5, 5.41) is 5.82. The second-order valence-corrected chi connectivity index (χ2v) is 8.53. The van der Waals surface area contributed by atoms with Gasteiger partial charge in [0, 0.05) is 63.5 Å². The van der Waals surface area contributed by atoms with Crippen molar-refractivity contribution in [1.29, 1.82) is 0 Å². The summed E-state index contributed by atoms with van der Waals surface area (Å²) in [6, 6.07) is 17.7. The predicted molar refractivity (Wildman–Crippen MR) is 124 cm³/mol. The molecule has 1 saturated carbocycles. The van der Waals surface area contributed by atoms with Crippen molar-refractivity contribution < 1.29 is 14.3 Å². The van der Waals surface area contributed by atoms with E-state index in [1.165, 1.54) is 5.56 Å². The topological polar surface area (TPSA) is 73.9 Å². The van der Waals surface area contributed by atoms with Gasteiger partial charge in [-0.3, -0.25) is 19.4 Å². The van der Waals surface area contributed by atoms with Crippen molar-refractivity contribution in [3.63, 3.8) is 0 Å². The highest BCUT2D eigenvalue weighted by molar-refractivity contribution is 5.94.